The number of amides is 2. The minimum Gasteiger partial charge on any atom is -0.354 e. The van der Waals surface area contributed by atoms with Crippen LogP contribution in [-0.4, -0.2) is 50.5 Å². The van der Waals surface area contributed by atoms with Crippen LogP contribution in [0.2, 0.25) is 0 Å². The Bertz CT molecular complexity index is 1150. The van der Waals surface area contributed by atoms with E-state index >= 15 is 0 Å². The molecule has 0 aromatic heterocycles. The topological polar surface area (TPSA) is 86.8 Å². The van der Waals surface area contributed by atoms with Crippen LogP contribution >= 0.6 is 0 Å². The molecule has 2 aromatic rings. The van der Waals surface area contributed by atoms with Crippen LogP contribution in [0.15, 0.2) is 48.5 Å². The highest BCUT2D eigenvalue weighted by Gasteiger charge is 2.33. The first kappa shape index (κ1) is 28.2. The molecule has 0 radical (unpaired) electrons. The van der Waals surface area contributed by atoms with Crippen molar-refractivity contribution in [2.24, 2.45) is 0 Å². The van der Waals surface area contributed by atoms with Crippen molar-refractivity contribution in [2.45, 2.75) is 46.0 Å². The molecule has 0 unspecified atom stereocenters. The second-order valence-corrected chi connectivity index (χ2v) is 10.1. The maximum Gasteiger partial charge on any atom is 0.416 e. The van der Waals surface area contributed by atoms with Crippen molar-refractivity contribution in [3.8, 4) is 0 Å². The van der Waals surface area contributed by atoms with Gasteiger partial charge in [-0.1, -0.05) is 37.3 Å². The summed E-state index contributed by atoms with van der Waals surface area (Å²) in [6.45, 7) is 4.89. The number of nitrogens with zero attached hydrogens (tertiary/aromatic N) is 2. The molecule has 0 aliphatic rings. The standard InChI is InChI=1S/C24H30F3N3O4S/c1-5-13-28-23(32)18(3)29(15-19-10-7-6-9-17(19)2)22(31)16-30(35(4,33)34)21-12-8-11-20(14-21)24(25,26)27/h6-12,14,18H,5,13,15-16H2,1-4H3,(H,28,32)/t18-/m0/s1. The lowest BCUT2D eigenvalue weighted by Gasteiger charge is -2.32. The molecule has 0 bridgehead atoms. The van der Waals surface area contributed by atoms with E-state index in [9.17, 15) is 31.2 Å². The van der Waals surface area contributed by atoms with E-state index in [0.717, 1.165) is 29.5 Å². The molecular weight excluding hydrogens is 483 g/mol. The highest BCUT2D eigenvalue weighted by molar-refractivity contribution is 7.92. The van der Waals surface area contributed by atoms with Gasteiger partial charge in [-0.2, -0.15) is 13.2 Å². The zero-order valence-electron chi connectivity index (χ0n) is 20.1. The van der Waals surface area contributed by atoms with Crippen molar-refractivity contribution in [3.63, 3.8) is 0 Å². The average Bonchev–Trinajstić information content (AvgIpc) is 2.78. The zero-order valence-corrected chi connectivity index (χ0v) is 20.9. The largest absolute Gasteiger partial charge is 0.416 e. The Hall–Kier alpha value is -3.08. The first-order chi connectivity index (χ1) is 16.3. The van der Waals surface area contributed by atoms with E-state index in [0.29, 0.717) is 23.3 Å². The first-order valence-electron chi connectivity index (χ1n) is 11.0. The van der Waals surface area contributed by atoms with Crippen LogP contribution in [0.5, 0.6) is 0 Å². The van der Waals surface area contributed by atoms with Gasteiger partial charge in [-0.25, -0.2) is 8.42 Å². The SMILES string of the molecule is CCCNC(=O)[C@H](C)N(Cc1ccccc1C)C(=O)CN(c1cccc(C(F)(F)F)c1)S(C)(=O)=O. The van der Waals surface area contributed by atoms with Gasteiger partial charge in [0.1, 0.15) is 12.6 Å². The normalized spacial score (nSPS) is 12.7. The number of hydrogen-bond donors (Lipinski definition) is 1. The smallest absolute Gasteiger partial charge is 0.354 e. The molecule has 1 N–H and O–H groups in total. The number of aryl methyl sites for hydroxylation is 1. The zero-order chi connectivity index (χ0) is 26.4. The summed E-state index contributed by atoms with van der Waals surface area (Å²) in [4.78, 5) is 27.3. The van der Waals surface area contributed by atoms with Crippen molar-refractivity contribution in [1.82, 2.24) is 10.2 Å². The summed E-state index contributed by atoms with van der Waals surface area (Å²) in [5, 5.41) is 2.72. The summed E-state index contributed by atoms with van der Waals surface area (Å²) < 4.78 is 65.2. The Balaban J connectivity index is 2.44. The van der Waals surface area contributed by atoms with Gasteiger partial charge in [-0.05, 0) is 49.6 Å². The number of alkyl halides is 3. The number of carbonyl (C=O) groups is 2. The molecule has 192 valence electrons. The second kappa shape index (κ2) is 11.6. The highest BCUT2D eigenvalue weighted by Crippen LogP contribution is 2.32. The molecule has 0 spiro atoms. The second-order valence-electron chi connectivity index (χ2n) is 8.23. The summed E-state index contributed by atoms with van der Waals surface area (Å²) in [6.07, 6.45) is -3.20. The molecule has 7 nitrogen and oxygen atoms in total. The monoisotopic (exact) mass is 513 g/mol. The van der Waals surface area contributed by atoms with E-state index in [1.54, 1.807) is 12.1 Å². The summed E-state index contributed by atoms with van der Waals surface area (Å²) in [6, 6.07) is 10.0. The maximum atomic E-state index is 13.4. The van der Waals surface area contributed by atoms with Crippen LogP contribution in [0.1, 0.15) is 37.0 Å². The summed E-state index contributed by atoms with van der Waals surface area (Å²) in [5.41, 5.74) is 0.278. The van der Waals surface area contributed by atoms with Crippen molar-refractivity contribution in [3.05, 3.63) is 65.2 Å². The van der Waals surface area contributed by atoms with Gasteiger partial charge < -0.3 is 10.2 Å². The molecule has 11 heteroatoms. The number of carbonyl (C=O) groups excluding carboxylic acids is 2. The average molecular weight is 514 g/mol. The molecule has 0 saturated heterocycles. The number of hydrogen-bond acceptors (Lipinski definition) is 4. The minimum atomic E-state index is -4.69. The van der Waals surface area contributed by atoms with Gasteiger partial charge in [-0.15, -0.1) is 0 Å². The third kappa shape index (κ3) is 7.71. The van der Waals surface area contributed by atoms with Gasteiger partial charge in [0.25, 0.3) is 0 Å². The lowest BCUT2D eigenvalue weighted by atomic mass is 10.1. The predicted molar refractivity (Wildman–Crippen MR) is 128 cm³/mol. The van der Waals surface area contributed by atoms with E-state index in [4.69, 9.17) is 0 Å². The minimum absolute atomic E-state index is 0.0202. The Morgan fingerprint density at radius 3 is 2.31 bits per heavy atom. The fourth-order valence-corrected chi connectivity index (χ4v) is 4.24. The lowest BCUT2D eigenvalue weighted by molar-refractivity contribution is -0.139. The molecule has 0 saturated carbocycles. The number of nitrogens with one attached hydrogen (secondary N) is 1. The number of halogens is 3. The van der Waals surface area contributed by atoms with E-state index in [-0.39, 0.29) is 12.2 Å². The molecule has 2 rings (SSSR count). The summed E-state index contributed by atoms with van der Waals surface area (Å²) in [5.74, 6) is -1.14. The quantitative estimate of drug-likeness (QED) is 0.525. The van der Waals surface area contributed by atoms with Gasteiger partial charge in [0, 0.05) is 13.1 Å². The molecule has 2 aromatic carbocycles. The lowest BCUT2D eigenvalue weighted by Crippen LogP contribution is -2.51. The van der Waals surface area contributed by atoms with E-state index in [2.05, 4.69) is 5.32 Å². The van der Waals surface area contributed by atoms with Gasteiger partial charge in [-0.3, -0.25) is 13.9 Å². The summed E-state index contributed by atoms with van der Waals surface area (Å²) >= 11 is 0. The maximum absolute atomic E-state index is 13.4. The molecule has 1 atom stereocenters. The molecule has 0 heterocycles. The van der Waals surface area contributed by atoms with Gasteiger partial charge in [0.15, 0.2) is 0 Å². The van der Waals surface area contributed by atoms with Crippen LogP contribution in [0, 0.1) is 6.92 Å². The number of rotatable bonds is 10. The van der Waals surface area contributed by atoms with Crippen LogP contribution < -0.4 is 9.62 Å². The Morgan fingerprint density at radius 1 is 1.09 bits per heavy atom. The van der Waals surface area contributed by atoms with Crippen LogP contribution in [0.4, 0.5) is 18.9 Å². The van der Waals surface area contributed by atoms with Gasteiger partial charge >= 0.3 is 6.18 Å². The van der Waals surface area contributed by atoms with Crippen molar-refractivity contribution in [2.75, 3.05) is 23.7 Å². The Kier molecular flexibility index (Phi) is 9.31. The fraction of sp³-hybridized carbons (Fsp3) is 0.417. The molecule has 2 amide bonds. The molecule has 0 fully saturated rings. The molecular formula is C24H30F3N3O4S. The third-order valence-corrected chi connectivity index (χ3v) is 6.60. The van der Waals surface area contributed by atoms with Crippen LogP contribution in [0.3, 0.4) is 0 Å². The third-order valence-electron chi connectivity index (χ3n) is 5.46. The van der Waals surface area contributed by atoms with Crippen LogP contribution in [0.25, 0.3) is 0 Å². The van der Waals surface area contributed by atoms with Gasteiger partial charge in [0.05, 0.1) is 17.5 Å². The van der Waals surface area contributed by atoms with Crippen molar-refractivity contribution < 1.29 is 31.2 Å². The van der Waals surface area contributed by atoms with E-state index < -0.39 is 46.2 Å². The van der Waals surface area contributed by atoms with Crippen molar-refractivity contribution >= 4 is 27.5 Å². The molecule has 0 aliphatic heterocycles. The highest BCUT2D eigenvalue weighted by atomic mass is 32.2. The van der Waals surface area contributed by atoms with Crippen molar-refractivity contribution in [1.29, 1.82) is 0 Å². The van der Waals surface area contributed by atoms with Crippen LogP contribution in [-0.2, 0) is 32.3 Å². The van der Waals surface area contributed by atoms with E-state index in [1.807, 2.05) is 26.0 Å². The Morgan fingerprint density at radius 2 is 1.74 bits per heavy atom. The fourth-order valence-electron chi connectivity index (χ4n) is 3.40. The van der Waals surface area contributed by atoms with E-state index in [1.165, 1.54) is 17.9 Å². The number of anilines is 1. The Labute approximate surface area is 204 Å². The molecule has 35 heavy (non-hydrogen) atoms. The predicted octanol–water partition coefficient (Wildman–Crippen LogP) is 3.72. The number of benzene rings is 2. The number of sulfonamides is 1. The van der Waals surface area contributed by atoms with Gasteiger partial charge in [0.2, 0.25) is 21.8 Å². The first-order valence-corrected chi connectivity index (χ1v) is 12.9. The molecule has 0 aliphatic carbocycles. The summed E-state index contributed by atoms with van der Waals surface area (Å²) in [7, 11) is -4.13.